The summed E-state index contributed by atoms with van der Waals surface area (Å²) in [6, 6.07) is 17.4. The minimum atomic E-state index is -0.466. The third-order valence-electron chi connectivity index (χ3n) is 4.39. The molecule has 0 bridgehead atoms. The summed E-state index contributed by atoms with van der Waals surface area (Å²) in [6.07, 6.45) is 0. The maximum Gasteiger partial charge on any atom is 0.299 e. The number of anilines is 1. The molecule has 0 atom stereocenters. The lowest BCUT2D eigenvalue weighted by Crippen LogP contribution is -2.29. The van der Waals surface area contributed by atoms with Gasteiger partial charge in [0.15, 0.2) is 0 Å². The van der Waals surface area contributed by atoms with E-state index in [1.165, 1.54) is 0 Å². The number of amides is 1. The van der Waals surface area contributed by atoms with Crippen molar-refractivity contribution in [3.63, 3.8) is 0 Å². The second kappa shape index (κ2) is 6.15. The molecule has 0 saturated heterocycles. The first-order valence-electron chi connectivity index (χ1n) is 7.79. The summed E-state index contributed by atoms with van der Waals surface area (Å²) in [5.41, 5.74) is 2.15. The van der Waals surface area contributed by atoms with Crippen molar-refractivity contribution in [2.45, 2.75) is 6.54 Å². The van der Waals surface area contributed by atoms with Gasteiger partial charge in [0.25, 0.3) is 11.7 Å². The molecule has 0 spiro atoms. The number of benzene rings is 3. The summed E-state index contributed by atoms with van der Waals surface area (Å²) in [4.78, 5) is 26.2. The van der Waals surface area contributed by atoms with Gasteiger partial charge in [0.1, 0.15) is 5.75 Å². The molecule has 0 N–H and O–H groups in total. The Morgan fingerprint density at radius 3 is 2.52 bits per heavy atom. The summed E-state index contributed by atoms with van der Waals surface area (Å²) < 4.78 is 6.19. The van der Waals surface area contributed by atoms with Crippen LogP contribution in [0.5, 0.6) is 5.75 Å². The Morgan fingerprint density at radius 1 is 0.960 bits per heavy atom. The second-order valence-electron chi connectivity index (χ2n) is 5.93. The Bertz CT molecular complexity index is 1030. The SMILES string of the molecule is COc1ccc2cc(CN3C(=O)C(=O)c4cc(I)ccc43)ccc2c1. The van der Waals surface area contributed by atoms with Crippen LogP contribution in [0.25, 0.3) is 10.8 Å². The summed E-state index contributed by atoms with van der Waals surface area (Å²) in [5, 5.41) is 2.14. The van der Waals surface area contributed by atoms with E-state index >= 15 is 0 Å². The fraction of sp³-hybridized carbons (Fsp3) is 0.100. The lowest BCUT2D eigenvalue weighted by Gasteiger charge is -2.17. The number of fused-ring (bicyclic) bond motifs is 2. The predicted octanol–water partition coefficient (Wildman–Crippen LogP) is 4.18. The normalized spacial score (nSPS) is 13.4. The third kappa shape index (κ3) is 2.78. The molecule has 5 heteroatoms. The Hall–Kier alpha value is -2.41. The number of ketones is 1. The molecule has 0 fully saturated rings. The fourth-order valence-electron chi connectivity index (χ4n) is 3.11. The topological polar surface area (TPSA) is 46.6 Å². The second-order valence-corrected chi connectivity index (χ2v) is 7.17. The monoisotopic (exact) mass is 443 g/mol. The molecule has 0 unspecified atom stereocenters. The van der Waals surface area contributed by atoms with E-state index in [1.54, 1.807) is 18.1 Å². The predicted molar refractivity (Wildman–Crippen MR) is 105 cm³/mol. The first kappa shape index (κ1) is 16.1. The number of nitrogens with zero attached hydrogens (tertiary/aromatic N) is 1. The van der Waals surface area contributed by atoms with Crippen molar-refractivity contribution in [1.82, 2.24) is 0 Å². The summed E-state index contributed by atoms with van der Waals surface area (Å²) in [6.45, 7) is 0.375. The Balaban J connectivity index is 1.70. The molecule has 0 aliphatic carbocycles. The zero-order valence-corrected chi connectivity index (χ0v) is 15.6. The quantitative estimate of drug-likeness (QED) is 0.451. The maximum absolute atomic E-state index is 12.4. The van der Waals surface area contributed by atoms with E-state index in [0.29, 0.717) is 17.8 Å². The average Bonchev–Trinajstić information content (AvgIpc) is 2.86. The van der Waals surface area contributed by atoms with Gasteiger partial charge in [-0.15, -0.1) is 0 Å². The van der Waals surface area contributed by atoms with Crippen LogP contribution < -0.4 is 9.64 Å². The number of ether oxygens (including phenoxy) is 1. The van der Waals surface area contributed by atoms with E-state index in [2.05, 4.69) is 22.6 Å². The van der Waals surface area contributed by atoms with Gasteiger partial charge in [-0.05, 0) is 75.3 Å². The van der Waals surface area contributed by atoms with Crippen LogP contribution in [0, 0.1) is 3.57 Å². The van der Waals surface area contributed by atoms with Crippen molar-refractivity contribution in [3.05, 3.63) is 69.3 Å². The van der Waals surface area contributed by atoms with E-state index < -0.39 is 11.7 Å². The molecular formula is C20H14INO3. The molecule has 4 rings (SSSR count). The number of hydrogen-bond donors (Lipinski definition) is 0. The molecule has 3 aromatic rings. The minimum Gasteiger partial charge on any atom is -0.497 e. The number of halogens is 1. The van der Waals surface area contributed by atoms with Gasteiger partial charge in [-0.3, -0.25) is 9.59 Å². The summed E-state index contributed by atoms with van der Waals surface area (Å²) >= 11 is 2.14. The van der Waals surface area contributed by atoms with Gasteiger partial charge < -0.3 is 9.64 Å². The van der Waals surface area contributed by atoms with Crippen molar-refractivity contribution in [1.29, 1.82) is 0 Å². The number of carbonyl (C=O) groups is 2. The number of hydrogen-bond acceptors (Lipinski definition) is 3. The molecule has 3 aromatic carbocycles. The highest BCUT2D eigenvalue weighted by molar-refractivity contribution is 14.1. The lowest BCUT2D eigenvalue weighted by atomic mass is 10.1. The highest BCUT2D eigenvalue weighted by Gasteiger charge is 2.35. The van der Waals surface area contributed by atoms with E-state index in [4.69, 9.17) is 4.74 Å². The van der Waals surface area contributed by atoms with Crippen LogP contribution in [-0.2, 0) is 11.3 Å². The largest absolute Gasteiger partial charge is 0.497 e. The molecular weight excluding hydrogens is 429 g/mol. The average molecular weight is 443 g/mol. The van der Waals surface area contributed by atoms with Crippen LogP contribution >= 0.6 is 22.6 Å². The zero-order valence-electron chi connectivity index (χ0n) is 13.5. The zero-order chi connectivity index (χ0) is 17.6. The van der Waals surface area contributed by atoms with Crippen molar-refractivity contribution in [2.24, 2.45) is 0 Å². The van der Waals surface area contributed by atoms with Crippen LogP contribution in [0.1, 0.15) is 15.9 Å². The number of carbonyl (C=O) groups excluding carboxylic acids is 2. The molecule has 1 amide bonds. The van der Waals surface area contributed by atoms with Crippen molar-refractivity contribution < 1.29 is 14.3 Å². The van der Waals surface area contributed by atoms with Gasteiger partial charge in [0.05, 0.1) is 24.9 Å². The van der Waals surface area contributed by atoms with Gasteiger partial charge in [-0.2, -0.15) is 0 Å². The Labute approximate surface area is 158 Å². The molecule has 0 aromatic heterocycles. The van der Waals surface area contributed by atoms with Crippen LogP contribution in [0.3, 0.4) is 0 Å². The summed E-state index contributed by atoms with van der Waals surface area (Å²) in [7, 11) is 1.64. The van der Waals surface area contributed by atoms with Crippen molar-refractivity contribution >= 4 is 50.7 Å². The fourth-order valence-corrected chi connectivity index (χ4v) is 3.60. The van der Waals surface area contributed by atoms with Gasteiger partial charge in [-0.1, -0.05) is 18.2 Å². The van der Waals surface area contributed by atoms with Gasteiger partial charge >= 0.3 is 0 Å². The van der Waals surface area contributed by atoms with Gasteiger partial charge in [-0.25, -0.2) is 0 Å². The van der Waals surface area contributed by atoms with Gasteiger partial charge in [0.2, 0.25) is 0 Å². The maximum atomic E-state index is 12.4. The third-order valence-corrected chi connectivity index (χ3v) is 5.06. The first-order chi connectivity index (χ1) is 12.1. The van der Waals surface area contributed by atoms with E-state index in [1.807, 2.05) is 48.5 Å². The highest BCUT2D eigenvalue weighted by atomic mass is 127. The van der Waals surface area contributed by atoms with Crippen LogP contribution in [0.15, 0.2) is 54.6 Å². The first-order valence-corrected chi connectivity index (χ1v) is 8.87. The molecule has 1 aliphatic rings. The molecule has 0 saturated carbocycles. The smallest absolute Gasteiger partial charge is 0.299 e. The van der Waals surface area contributed by atoms with Crippen LogP contribution in [0.2, 0.25) is 0 Å². The number of Topliss-reactive ketones (excluding diaryl/α,β-unsaturated/α-hetero) is 1. The lowest BCUT2D eigenvalue weighted by molar-refractivity contribution is -0.114. The minimum absolute atomic E-state index is 0.375. The van der Waals surface area contributed by atoms with E-state index in [0.717, 1.165) is 25.7 Å². The number of methoxy groups -OCH3 is 1. The molecule has 0 radical (unpaired) electrons. The molecule has 1 aliphatic heterocycles. The molecule has 1 heterocycles. The Kier molecular flexibility index (Phi) is 3.95. The van der Waals surface area contributed by atoms with E-state index in [9.17, 15) is 9.59 Å². The van der Waals surface area contributed by atoms with Crippen LogP contribution in [-0.4, -0.2) is 18.8 Å². The van der Waals surface area contributed by atoms with Gasteiger partial charge in [0, 0.05) is 3.57 Å². The summed E-state index contributed by atoms with van der Waals surface area (Å²) in [5.74, 6) is -0.0880. The van der Waals surface area contributed by atoms with Crippen molar-refractivity contribution in [3.8, 4) is 5.75 Å². The standard InChI is InChI=1S/C20H14INO3/c1-25-16-6-4-13-8-12(2-3-14(13)9-16)11-22-18-7-5-15(21)10-17(18)19(23)20(22)24/h2-10H,11H2,1H3. The highest BCUT2D eigenvalue weighted by Crippen LogP contribution is 2.32. The molecule has 4 nitrogen and oxygen atoms in total. The van der Waals surface area contributed by atoms with Crippen molar-refractivity contribution in [2.75, 3.05) is 12.0 Å². The molecule has 124 valence electrons. The number of rotatable bonds is 3. The Morgan fingerprint density at radius 2 is 1.72 bits per heavy atom. The molecule has 25 heavy (non-hydrogen) atoms. The van der Waals surface area contributed by atoms with E-state index in [-0.39, 0.29) is 0 Å². The van der Waals surface area contributed by atoms with Crippen LogP contribution in [0.4, 0.5) is 5.69 Å².